The number of aliphatic imine (C=N–C) groups is 3. The molecule has 0 aromatic carbocycles. The van der Waals surface area contributed by atoms with Gasteiger partial charge in [-0.25, -0.2) is 15.0 Å². The Morgan fingerprint density at radius 2 is 0.967 bits per heavy atom. The predicted octanol–water partition coefficient (Wildman–Crippen LogP) is 4.91. The molecule has 0 radical (unpaired) electrons. The van der Waals surface area contributed by atoms with E-state index in [2.05, 4.69) is 69.2 Å². The lowest BCUT2D eigenvalue weighted by Crippen LogP contribution is -2.39. The van der Waals surface area contributed by atoms with Crippen LogP contribution in [0, 0.1) is 21.7 Å². The van der Waals surface area contributed by atoms with Crippen LogP contribution >= 0.6 is 0 Å². The standard InChI is InChI=1S/C24H41N3O3/c1-21(2,3)15-12-28-18(25-15)11-24(10,19-26-16(13-29-19)22(4,5)6)20-27-17(14-30-20)23(7,8)9/h15-17H,11-14H2,1-10H3/t15-,16-,17-/m1/s1. The molecule has 3 aliphatic rings. The molecular formula is C24H41N3O3. The lowest BCUT2D eigenvalue weighted by molar-refractivity contribution is 0.207. The van der Waals surface area contributed by atoms with Gasteiger partial charge in [-0.2, -0.15) is 0 Å². The summed E-state index contributed by atoms with van der Waals surface area (Å²) in [7, 11) is 0. The van der Waals surface area contributed by atoms with Gasteiger partial charge in [0.1, 0.15) is 25.2 Å². The van der Waals surface area contributed by atoms with Gasteiger partial charge in [0.2, 0.25) is 0 Å². The Kier molecular flexibility index (Phi) is 5.79. The van der Waals surface area contributed by atoms with Crippen molar-refractivity contribution in [1.82, 2.24) is 0 Å². The highest BCUT2D eigenvalue weighted by molar-refractivity contribution is 6.08. The zero-order chi connectivity index (χ0) is 22.5. The van der Waals surface area contributed by atoms with Crippen molar-refractivity contribution in [3.05, 3.63) is 0 Å². The van der Waals surface area contributed by atoms with Crippen molar-refractivity contribution in [3.63, 3.8) is 0 Å². The summed E-state index contributed by atoms with van der Waals surface area (Å²) in [6.07, 6.45) is 0.547. The number of hydrogen-bond donors (Lipinski definition) is 0. The second-order valence-corrected chi connectivity index (χ2v) is 12.5. The van der Waals surface area contributed by atoms with Crippen LogP contribution in [0.4, 0.5) is 0 Å². The monoisotopic (exact) mass is 419 g/mol. The SMILES string of the molecule is CC(CC1=N[C@@H](C(C)(C)C)CO1)(C1=N[C@@H](C(C)(C)C)CO1)C1=N[C@@H](C(C)(C)C)CO1. The minimum Gasteiger partial charge on any atom is -0.479 e. The Balaban J connectivity index is 1.95. The van der Waals surface area contributed by atoms with Gasteiger partial charge in [0.15, 0.2) is 17.7 Å². The van der Waals surface area contributed by atoms with Crippen molar-refractivity contribution in [3.8, 4) is 0 Å². The summed E-state index contributed by atoms with van der Waals surface area (Å²) < 4.78 is 18.4. The van der Waals surface area contributed by atoms with Crippen LogP contribution in [0.5, 0.6) is 0 Å². The average Bonchev–Trinajstić information content (AvgIpc) is 3.32. The first kappa shape index (κ1) is 23.1. The Bertz CT molecular complexity index is 707. The molecule has 170 valence electrons. The molecule has 0 spiro atoms. The van der Waals surface area contributed by atoms with E-state index in [0.717, 1.165) is 5.90 Å². The molecule has 6 heteroatoms. The van der Waals surface area contributed by atoms with Gasteiger partial charge in [-0.15, -0.1) is 0 Å². The van der Waals surface area contributed by atoms with Crippen molar-refractivity contribution < 1.29 is 14.2 Å². The quantitative estimate of drug-likeness (QED) is 0.650. The van der Waals surface area contributed by atoms with Crippen LogP contribution in [0.25, 0.3) is 0 Å². The van der Waals surface area contributed by atoms with E-state index in [-0.39, 0.29) is 34.4 Å². The highest BCUT2D eigenvalue weighted by Gasteiger charge is 2.49. The summed E-state index contributed by atoms with van der Waals surface area (Å²) in [6.45, 7) is 23.7. The molecule has 0 unspecified atom stereocenters. The van der Waals surface area contributed by atoms with Crippen molar-refractivity contribution in [2.24, 2.45) is 36.6 Å². The van der Waals surface area contributed by atoms with Gasteiger partial charge < -0.3 is 14.2 Å². The lowest BCUT2D eigenvalue weighted by Gasteiger charge is -2.27. The summed E-state index contributed by atoms with van der Waals surface area (Å²) in [5, 5.41) is 0. The molecule has 3 aliphatic heterocycles. The van der Waals surface area contributed by atoms with E-state index in [0.29, 0.717) is 38.0 Å². The largest absolute Gasteiger partial charge is 0.479 e. The van der Waals surface area contributed by atoms with E-state index in [9.17, 15) is 0 Å². The fourth-order valence-corrected chi connectivity index (χ4v) is 3.75. The highest BCUT2D eigenvalue weighted by atomic mass is 16.5. The fraction of sp³-hybridized carbons (Fsp3) is 0.875. The fourth-order valence-electron chi connectivity index (χ4n) is 3.75. The molecule has 0 aromatic heterocycles. The molecule has 3 atom stereocenters. The molecule has 3 heterocycles. The third kappa shape index (κ3) is 4.67. The van der Waals surface area contributed by atoms with E-state index < -0.39 is 5.41 Å². The summed E-state index contributed by atoms with van der Waals surface area (Å²) in [5.74, 6) is 2.14. The Morgan fingerprint density at radius 3 is 1.30 bits per heavy atom. The van der Waals surface area contributed by atoms with Crippen LogP contribution in [-0.2, 0) is 14.2 Å². The first-order valence-electron chi connectivity index (χ1n) is 11.2. The maximum atomic E-state index is 6.17. The Hall–Kier alpha value is -1.59. The zero-order valence-electron chi connectivity index (χ0n) is 20.6. The zero-order valence-corrected chi connectivity index (χ0v) is 20.6. The van der Waals surface area contributed by atoms with Crippen LogP contribution in [0.3, 0.4) is 0 Å². The van der Waals surface area contributed by atoms with Gasteiger partial charge in [-0.3, -0.25) is 0 Å². The molecule has 0 aromatic rings. The van der Waals surface area contributed by atoms with Crippen LogP contribution in [-0.4, -0.2) is 55.6 Å². The minimum absolute atomic E-state index is 0.0354. The van der Waals surface area contributed by atoms with E-state index in [1.807, 2.05) is 0 Å². The molecule has 0 aliphatic carbocycles. The van der Waals surface area contributed by atoms with Crippen molar-refractivity contribution in [2.45, 2.75) is 93.8 Å². The van der Waals surface area contributed by atoms with Crippen molar-refractivity contribution >= 4 is 17.7 Å². The normalized spacial score (nSPS) is 27.8. The number of rotatable bonds is 4. The third-order valence-electron chi connectivity index (χ3n) is 6.46. The van der Waals surface area contributed by atoms with Gasteiger partial charge in [-0.05, 0) is 23.2 Å². The summed E-state index contributed by atoms with van der Waals surface area (Å²) in [6, 6.07) is 0.376. The van der Waals surface area contributed by atoms with E-state index in [1.54, 1.807) is 0 Å². The maximum absolute atomic E-state index is 6.17. The first-order valence-corrected chi connectivity index (χ1v) is 11.2. The van der Waals surface area contributed by atoms with Gasteiger partial charge in [0.05, 0.1) is 18.1 Å². The van der Waals surface area contributed by atoms with Gasteiger partial charge in [0, 0.05) is 6.42 Å². The van der Waals surface area contributed by atoms with Gasteiger partial charge in [0.25, 0.3) is 0 Å². The molecule has 0 saturated carbocycles. The molecule has 3 rings (SSSR count). The van der Waals surface area contributed by atoms with E-state index in [1.165, 1.54) is 0 Å². The highest BCUT2D eigenvalue weighted by Crippen LogP contribution is 2.39. The predicted molar refractivity (Wildman–Crippen MR) is 123 cm³/mol. The topological polar surface area (TPSA) is 64.8 Å². The van der Waals surface area contributed by atoms with Crippen LogP contribution in [0.1, 0.15) is 75.7 Å². The molecule has 0 saturated heterocycles. The summed E-state index contributed by atoms with van der Waals surface area (Å²) in [5.41, 5.74) is -0.484. The van der Waals surface area contributed by atoms with Gasteiger partial charge >= 0.3 is 0 Å². The van der Waals surface area contributed by atoms with Crippen LogP contribution in [0.2, 0.25) is 0 Å². The smallest absolute Gasteiger partial charge is 0.199 e. The molecule has 30 heavy (non-hydrogen) atoms. The number of nitrogens with zero attached hydrogens (tertiary/aromatic N) is 3. The molecule has 6 nitrogen and oxygen atoms in total. The number of ether oxygens (including phenoxy) is 3. The lowest BCUT2D eigenvalue weighted by atomic mass is 9.84. The average molecular weight is 420 g/mol. The van der Waals surface area contributed by atoms with Crippen LogP contribution < -0.4 is 0 Å². The second kappa shape index (κ2) is 7.52. The second-order valence-electron chi connectivity index (χ2n) is 12.5. The van der Waals surface area contributed by atoms with E-state index >= 15 is 0 Å². The molecule has 0 fully saturated rings. The van der Waals surface area contributed by atoms with Crippen molar-refractivity contribution in [2.75, 3.05) is 19.8 Å². The maximum Gasteiger partial charge on any atom is 0.199 e. The molecule has 0 bridgehead atoms. The third-order valence-corrected chi connectivity index (χ3v) is 6.46. The molecular weight excluding hydrogens is 378 g/mol. The Morgan fingerprint density at radius 1 is 0.600 bits per heavy atom. The summed E-state index contributed by atoms with van der Waals surface area (Å²) in [4.78, 5) is 14.9. The number of hydrogen-bond acceptors (Lipinski definition) is 6. The van der Waals surface area contributed by atoms with Crippen LogP contribution in [0.15, 0.2) is 15.0 Å². The molecule has 0 amide bonds. The Labute approximate surface area is 182 Å². The van der Waals surface area contributed by atoms with Crippen molar-refractivity contribution in [1.29, 1.82) is 0 Å². The first-order chi connectivity index (χ1) is 13.6. The summed E-state index contributed by atoms with van der Waals surface area (Å²) >= 11 is 0. The van der Waals surface area contributed by atoms with Gasteiger partial charge in [-0.1, -0.05) is 62.3 Å². The minimum atomic E-state index is -0.619. The molecule has 0 N–H and O–H groups in total. The van der Waals surface area contributed by atoms with E-state index in [4.69, 9.17) is 29.2 Å².